The molecule has 0 aliphatic carbocycles. The number of halogens is 1. The highest BCUT2D eigenvalue weighted by atomic mass is 35.5. The number of imidazole rings is 1. The van der Waals surface area contributed by atoms with Gasteiger partial charge in [0.25, 0.3) is 0 Å². The summed E-state index contributed by atoms with van der Waals surface area (Å²) in [5, 5.41) is 0.520. The normalized spacial score (nSPS) is 10.8. The van der Waals surface area contributed by atoms with Crippen molar-refractivity contribution in [1.29, 1.82) is 0 Å². The third-order valence-corrected chi connectivity index (χ3v) is 4.78. The number of thiazole rings is 1. The Bertz CT molecular complexity index is 948. The number of esters is 1. The average Bonchev–Trinajstić information content (AvgIpc) is 3.11. The van der Waals surface area contributed by atoms with E-state index in [1.54, 1.807) is 42.8 Å². The fourth-order valence-corrected chi connectivity index (χ4v) is 3.66. The van der Waals surface area contributed by atoms with Crippen LogP contribution in [-0.2, 0) is 16.0 Å². The molecule has 0 fully saturated rings. The molecule has 0 radical (unpaired) electrons. The summed E-state index contributed by atoms with van der Waals surface area (Å²) in [6.45, 7) is 2.09. The van der Waals surface area contributed by atoms with Crippen LogP contribution in [0.5, 0.6) is 5.75 Å². The number of rotatable bonds is 6. The van der Waals surface area contributed by atoms with Gasteiger partial charge in [0.2, 0.25) is 0 Å². The maximum absolute atomic E-state index is 11.7. The first-order valence-corrected chi connectivity index (χ1v) is 8.72. The molecule has 25 heavy (non-hydrogen) atoms. The molecule has 130 valence electrons. The van der Waals surface area contributed by atoms with Crippen molar-refractivity contribution in [2.75, 3.05) is 13.7 Å². The molecule has 6 nitrogen and oxygen atoms in total. The Morgan fingerprint density at radius 3 is 2.92 bits per heavy atom. The minimum absolute atomic E-state index is 0.149. The van der Waals surface area contributed by atoms with Crippen LogP contribution in [0.2, 0.25) is 5.02 Å². The Balaban J connectivity index is 2.07. The number of aldehydes is 1. The van der Waals surface area contributed by atoms with Crippen molar-refractivity contribution >= 4 is 40.2 Å². The molecular weight excluding hydrogens is 364 g/mol. The molecule has 3 aromatic rings. The molecule has 0 aliphatic heterocycles. The Morgan fingerprint density at radius 2 is 2.24 bits per heavy atom. The van der Waals surface area contributed by atoms with E-state index in [0.717, 1.165) is 11.2 Å². The first-order chi connectivity index (χ1) is 12.1. The first kappa shape index (κ1) is 17.4. The van der Waals surface area contributed by atoms with Gasteiger partial charge in [0.1, 0.15) is 17.1 Å². The lowest BCUT2D eigenvalue weighted by atomic mass is 10.1. The number of ether oxygens (including phenoxy) is 2. The van der Waals surface area contributed by atoms with Crippen molar-refractivity contribution in [3.63, 3.8) is 0 Å². The molecule has 0 aliphatic rings. The van der Waals surface area contributed by atoms with Gasteiger partial charge in [0, 0.05) is 21.7 Å². The highest BCUT2D eigenvalue weighted by Gasteiger charge is 2.20. The van der Waals surface area contributed by atoms with Gasteiger partial charge in [-0.2, -0.15) is 0 Å². The van der Waals surface area contributed by atoms with Crippen molar-refractivity contribution in [2.45, 2.75) is 13.3 Å². The molecule has 2 heterocycles. The molecule has 0 spiro atoms. The molecule has 0 unspecified atom stereocenters. The quantitative estimate of drug-likeness (QED) is 0.483. The highest BCUT2D eigenvalue weighted by Crippen LogP contribution is 2.35. The van der Waals surface area contributed by atoms with Crippen LogP contribution in [-0.4, -0.2) is 35.4 Å². The molecule has 0 amide bonds. The molecule has 0 saturated carbocycles. The van der Waals surface area contributed by atoms with Crippen LogP contribution >= 0.6 is 22.9 Å². The predicted molar refractivity (Wildman–Crippen MR) is 95.8 cm³/mol. The lowest BCUT2D eigenvalue weighted by molar-refractivity contribution is -0.142. The summed E-state index contributed by atoms with van der Waals surface area (Å²) in [6, 6.07) is 5.14. The van der Waals surface area contributed by atoms with Gasteiger partial charge in [-0.25, -0.2) is 4.98 Å². The predicted octanol–water partition coefficient (Wildman–Crippen LogP) is 3.64. The standard InChI is InChI=1S/C17H15ClN2O4S/c1-3-24-15(22)7-11-8-20-13(9-21)16(19-17(20)25-11)12-6-10(18)4-5-14(12)23-2/h4-6,8-9H,3,7H2,1-2H3. The summed E-state index contributed by atoms with van der Waals surface area (Å²) in [4.78, 5) is 29.2. The van der Waals surface area contributed by atoms with Crippen molar-refractivity contribution in [2.24, 2.45) is 0 Å². The smallest absolute Gasteiger partial charge is 0.311 e. The Morgan fingerprint density at radius 1 is 1.44 bits per heavy atom. The van der Waals surface area contributed by atoms with E-state index in [0.29, 0.717) is 39.3 Å². The number of benzene rings is 1. The van der Waals surface area contributed by atoms with E-state index in [4.69, 9.17) is 21.1 Å². The maximum Gasteiger partial charge on any atom is 0.311 e. The largest absolute Gasteiger partial charge is 0.496 e. The van der Waals surface area contributed by atoms with Crippen LogP contribution in [0.25, 0.3) is 16.2 Å². The van der Waals surface area contributed by atoms with E-state index < -0.39 is 0 Å². The van der Waals surface area contributed by atoms with Crippen LogP contribution in [0, 0.1) is 0 Å². The lowest BCUT2D eigenvalue weighted by Crippen LogP contribution is -2.06. The van der Waals surface area contributed by atoms with Crippen molar-refractivity contribution in [3.05, 3.63) is 40.0 Å². The number of methoxy groups -OCH3 is 1. The Hall–Kier alpha value is -2.38. The third kappa shape index (κ3) is 3.38. The van der Waals surface area contributed by atoms with Gasteiger partial charge >= 0.3 is 5.97 Å². The Labute approximate surface area is 153 Å². The van der Waals surface area contributed by atoms with Crippen molar-refractivity contribution in [1.82, 2.24) is 9.38 Å². The van der Waals surface area contributed by atoms with Gasteiger partial charge in [-0.15, -0.1) is 11.3 Å². The second-order valence-corrected chi connectivity index (χ2v) is 6.67. The molecule has 0 atom stereocenters. The summed E-state index contributed by atoms with van der Waals surface area (Å²) < 4.78 is 12.0. The topological polar surface area (TPSA) is 69.9 Å². The zero-order valence-corrected chi connectivity index (χ0v) is 15.2. The zero-order chi connectivity index (χ0) is 18.0. The van der Waals surface area contributed by atoms with Crippen LogP contribution in [0.3, 0.4) is 0 Å². The maximum atomic E-state index is 11.7. The number of aromatic nitrogens is 2. The lowest BCUT2D eigenvalue weighted by Gasteiger charge is -2.07. The summed E-state index contributed by atoms with van der Waals surface area (Å²) >= 11 is 7.41. The van der Waals surface area contributed by atoms with Crippen LogP contribution in [0.15, 0.2) is 24.4 Å². The molecule has 1 aromatic carbocycles. The van der Waals surface area contributed by atoms with E-state index in [9.17, 15) is 9.59 Å². The van der Waals surface area contributed by atoms with Crippen molar-refractivity contribution < 1.29 is 19.1 Å². The number of fused-ring (bicyclic) bond motifs is 1. The molecule has 2 aromatic heterocycles. The molecular formula is C17H15ClN2O4S. The Kier molecular flexibility index (Phi) is 5.06. The second kappa shape index (κ2) is 7.25. The van der Waals surface area contributed by atoms with E-state index in [1.165, 1.54) is 11.3 Å². The average molecular weight is 379 g/mol. The van der Waals surface area contributed by atoms with Gasteiger partial charge in [-0.3, -0.25) is 14.0 Å². The monoisotopic (exact) mass is 378 g/mol. The SMILES string of the molecule is CCOC(=O)Cc1cn2c(C=O)c(-c3cc(Cl)ccc3OC)nc2s1. The second-order valence-electron chi connectivity index (χ2n) is 5.14. The van der Waals surface area contributed by atoms with Gasteiger partial charge in [-0.1, -0.05) is 11.6 Å². The zero-order valence-electron chi connectivity index (χ0n) is 13.6. The van der Waals surface area contributed by atoms with E-state index in [2.05, 4.69) is 4.98 Å². The van der Waals surface area contributed by atoms with E-state index >= 15 is 0 Å². The first-order valence-electron chi connectivity index (χ1n) is 7.52. The number of carbonyl (C=O) groups excluding carboxylic acids is 2. The highest BCUT2D eigenvalue weighted by molar-refractivity contribution is 7.17. The van der Waals surface area contributed by atoms with Crippen LogP contribution in [0.4, 0.5) is 0 Å². The number of nitrogens with zero attached hydrogens (tertiary/aromatic N) is 2. The number of hydrogen-bond donors (Lipinski definition) is 0. The van der Waals surface area contributed by atoms with E-state index in [-0.39, 0.29) is 12.4 Å². The summed E-state index contributed by atoms with van der Waals surface area (Å²) in [7, 11) is 1.54. The molecule has 0 bridgehead atoms. The fourth-order valence-electron chi connectivity index (χ4n) is 2.52. The number of hydrogen-bond acceptors (Lipinski definition) is 6. The molecule has 8 heteroatoms. The summed E-state index contributed by atoms with van der Waals surface area (Å²) in [6.07, 6.45) is 2.61. The minimum Gasteiger partial charge on any atom is -0.496 e. The summed E-state index contributed by atoms with van der Waals surface area (Å²) in [5.41, 5.74) is 1.50. The van der Waals surface area contributed by atoms with Crippen LogP contribution in [0.1, 0.15) is 22.3 Å². The molecule has 0 saturated heterocycles. The number of carbonyl (C=O) groups is 2. The van der Waals surface area contributed by atoms with Gasteiger partial charge in [0.05, 0.1) is 20.1 Å². The molecule has 0 N–H and O–H groups in total. The van der Waals surface area contributed by atoms with Crippen molar-refractivity contribution in [3.8, 4) is 17.0 Å². The fraction of sp³-hybridized carbons (Fsp3) is 0.235. The summed E-state index contributed by atoms with van der Waals surface area (Å²) in [5.74, 6) is 0.265. The third-order valence-electron chi connectivity index (χ3n) is 3.56. The van der Waals surface area contributed by atoms with Gasteiger partial charge in [-0.05, 0) is 25.1 Å². The van der Waals surface area contributed by atoms with Gasteiger partial charge < -0.3 is 9.47 Å². The van der Waals surface area contributed by atoms with Crippen LogP contribution < -0.4 is 4.74 Å². The van der Waals surface area contributed by atoms with Gasteiger partial charge in [0.15, 0.2) is 11.2 Å². The minimum atomic E-state index is -0.309. The molecule has 3 rings (SSSR count). The van der Waals surface area contributed by atoms with E-state index in [1.807, 2.05) is 0 Å².